The number of rotatable bonds is 3. The lowest BCUT2D eigenvalue weighted by atomic mass is 9.90. The summed E-state index contributed by atoms with van der Waals surface area (Å²) in [6.07, 6.45) is 3.11. The van der Waals surface area contributed by atoms with Crippen molar-refractivity contribution in [2.24, 2.45) is 0 Å². The molecule has 2 heterocycles. The molecule has 2 N–H and O–H groups in total. The molecular formula is C12H15N5O2. The molecule has 100 valence electrons. The summed E-state index contributed by atoms with van der Waals surface area (Å²) in [6.45, 7) is 3.72. The van der Waals surface area contributed by atoms with Gasteiger partial charge in [-0.25, -0.2) is 4.98 Å². The predicted octanol–water partition coefficient (Wildman–Crippen LogP) is 1.42. The van der Waals surface area contributed by atoms with Gasteiger partial charge in [-0.05, 0) is 38.9 Å². The number of nitro groups is 1. The van der Waals surface area contributed by atoms with Crippen LogP contribution < -0.4 is 10.6 Å². The zero-order valence-electron chi connectivity index (χ0n) is 10.6. The number of nitrogens with zero attached hydrogens (tertiary/aromatic N) is 3. The normalized spacial score (nSPS) is 17.5. The maximum Gasteiger partial charge on any atom is 0.328 e. The molecule has 0 unspecified atom stereocenters. The zero-order chi connectivity index (χ0) is 13.9. The zero-order valence-corrected chi connectivity index (χ0v) is 10.6. The van der Waals surface area contributed by atoms with Crippen LogP contribution in [0.2, 0.25) is 0 Å². The van der Waals surface area contributed by atoms with Gasteiger partial charge >= 0.3 is 5.69 Å². The number of nitriles is 1. The molecule has 0 amide bonds. The minimum Gasteiger partial charge on any atom is -0.359 e. The van der Waals surface area contributed by atoms with Gasteiger partial charge in [-0.15, -0.1) is 0 Å². The van der Waals surface area contributed by atoms with E-state index in [1.807, 2.05) is 13.0 Å². The smallest absolute Gasteiger partial charge is 0.328 e. The van der Waals surface area contributed by atoms with E-state index in [0.717, 1.165) is 25.9 Å². The second-order valence-electron chi connectivity index (χ2n) is 4.86. The van der Waals surface area contributed by atoms with Gasteiger partial charge in [0.15, 0.2) is 0 Å². The Labute approximate surface area is 110 Å². The SMILES string of the molecule is CC1(Nc2nccc(C#N)c2[N+](=O)[O-])CCNCC1. The Morgan fingerprint density at radius 3 is 2.84 bits per heavy atom. The van der Waals surface area contributed by atoms with E-state index in [1.165, 1.54) is 12.3 Å². The van der Waals surface area contributed by atoms with Gasteiger partial charge in [-0.1, -0.05) is 0 Å². The van der Waals surface area contributed by atoms with Crippen LogP contribution >= 0.6 is 0 Å². The van der Waals surface area contributed by atoms with E-state index in [4.69, 9.17) is 5.26 Å². The van der Waals surface area contributed by atoms with Crippen molar-refractivity contribution in [3.05, 3.63) is 27.9 Å². The van der Waals surface area contributed by atoms with Crippen LogP contribution in [0.1, 0.15) is 25.3 Å². The number of nitrogens with one attached hydrogen (secondary N) is 2. The number of piperidine rings is 1. The van der Waals surface area contributed by atoms with Gasteiger partial charge in [0.05, 0.1) is 4.92 Å². The van der Waals surface area contributed by atoms with Gasteiger partial charge in [0.1, 0.15) is 11.6 Å². The summed E-state index contributed by atoms with van der Waals surface area (Å²) in [6, 6.07) is 3.19. The third-order valence-corrected chi connectivity index (χ3v) is 3.35. The molecule has 0 saturated carbocycles. The van der Waals surface area contributed by atoms with Gasteiger partial charge in [0, 0.05) is 11.7 Å². The van der Waals surface area contributed by atoms with Crippen LogP contribution in [0.3, 0.4) is 0 Å². The number of pyridine rings is 1. The second kappa shape index (κ2) is 5.20. The van der Waals surface area contributed by atoms with E-state index in [9.17, 15) is 10.1 Å². The van der Waals surface area contributed by atoms with Gasteiger partial charge in [0.2, 0.25) is 5.82 Å². The lowest BCUT2D eigenvalue weighted by Gasteiger charge is -2.35. The molecule has 7 nitrogen and oxygen atoms in total. The van der Waals surface area contributed by atoms with Crippen molar-refractivity contribution < 1.29 is 4.92 Å². The average Bonchev–Trinajstić information content (AvgIpc) is 2.38. The second-order valence-corrected chi connectivity index (χ2v) is 4.86. The molecule has 1 aliphatic heterocycles. The van der Waals surface area contributed by atoms with Crippen LogP contribution in [-0.2, 0) is 0 Å². The molecule has 1 aliphatic rings. The molecule has 0 aromatic carbocycles. The van der Waals surface area contributed by atoms with Crippen molar-refractivity contribution in [1.82, 2.24) is 10.3 Å². The molecule has 2 rings (SSSR count). The van der Waals surface area contributed by atoms with Crippen LogP contribution in [0, 0.1) is 21.4 Å². The molecular weight excluding hydrogens is 246 g/mol. The van der Waals surface area contributed by atoms with E-state index < -0.39 is 4.92 Å². The summed E-state index contributed by atoms with van der Waals surface area (Å²) in [4.78, 5) is 14.6. The first-order valence-electron chi connectivity index (χ1n) is 6.08. The molecule has 1 fully saturated rings. The fourth-order valence-corrected chi connectivity index (χ4v) is 2.21. The summed E-state index contributed by atoms with van der Waals surface area (Å²) in [5, 5.41) is 26.4. The average molecular weight is 261 g/mol. The van der Waals surface area contributed by atoms with Crippen LogP contribution in [0.4, 0.5) is 11.5 Å². The topological polar surface area (TPSA) is 104 Å². The highest BCUT2D eigenvalue weighted by atomic mass is 16.6. The van der Waals surface area contributed by atoms with Crippen molar-refractivity contribution in [2.75, 3.05) is 18.4 Å². The first-order chi connectivity index (χ1) is 9.06. The number of aromatic nitrogens is 1. The van der Waals surface area contributed by atoms with Crippen molar-refractivity contribution in [1.29, 1.82) is 5.26 Å². The Morgan fingerprint density at radius 2 is 2.26 bits per heavy atom. The Bertz CT molecular complexity index is 531. The summed E-state index contributed by atoms with van der Waals surface area (Å²) < 4.78 is 0. The van der Waals surface area contributed by atoms with Crippen LogP contribution in [-0.4, -0.2) is 28.5 Å². The number of anilines is 1. The fraction of sp³-hybridized carbons (Fsp3) is 0.500. The van der Waals surface area contributed by atoms with E-state index in [2.05, 4.69) is 15.6 Å². The first kappa shape index (κ1) is 13.2. The van der Waals surface area contributed by atoms with Gasteiger partial charge in [-0.2, -0.15) is 5.26 Å². The highest BCUT2D eigenvalue weighted by molar-refractivity contribution is 5.64. The summed E-state index contributed by atoms with van der Waals surface area (Å²) in [5.41, 5.74) is -0.457. The number of hydrogen-bond donors (Lipinski definition) is 2. The fourth-order valence-electron chi connectivity index (χ4n) is 2.21. The quantitative estimate of drug-likeness (QED) is 0.629. The van der Waals surface area contributed by atoms with E-state index in [-0.39, 0.29) is 22.6 Å². The summed E-state index contributed by atoms with van der Waals surface area (Å²) in [5.74, 6) is 0.174. The Balaban J connectivity index is 2.34. The van der Waals surface area contributed by atoms with E-state index in [1.54, 1.807) is 0 Å². The summed E-state index contributed by atoms with van der Waals surface area (Å²) >= 11 is 0. The molecule has 1 aromatic rings. The molecule has 0 bridgehead atoms. The maximum absolute atomic E-state index is 11.1. The van der Waals surface area contributed by atoms with E-state index >= 15 is 0 Å². The highest BCUT2D eigenvalue weighted by Crippen LogP contribution is 2.30. The Morgan fingerprint density at radius 1 is 1.58 bits per heavy atom. The van der Waals surface area contributed by atoms with Crippen molar-refractivity contribution in [3.63, 3.8) is 0 Å². The third kappa shape index (κ3) is 2.80. The Kier molecular flexibility index (Phi) is 3.62. The molecule has 7 heteroatoms. The number of hydrogen-bond acceptors (Lipinski definition) is 6. The van der Waals surface area contributed by atoms with Crippen LogP contribution in [0.25, 0.3) is 0 Å². The lowest BCUT2D eigenvalue weighted by Crippen LogP contribution is -2.45. The predicted molar refractivity (Wildman–Crippen MR) is 69.7 cm³/mol. The largest absolute Gasteiger partial charge is 0.359 e. The molecule has 0 spiro atoms. The molecule has 1 saturated heterocycles. The van der Waals surface area contributed by atoms with Crippen molar-refractivity contribution in [3.8, 4) is 6.07 Å². The molecule has 0 aliphatic carbocycles. The van der Waals surface area contributed by atoms with Crippen LogP contribution in [0.15, 0.2) is 12.3 Å². The minimum absolute atomic E-state index is 0.0278. The first-order valence-corrected chi connectivity index (χ1v) is 6.08. The van der Waals surface area contributed by atoms with Gasteiger partial charge in [0.25, 0.3) is 0 Å². The van der Waals surface area contributed by atoms with Crippen molar-refractivity contribution >= 4 is 11.5 Å². The molecule has 19 heavy (non-hydrogen) atoms. The lowest BCUT2D eigenvalue weighted by molar-refractivity contribution is -0.384. The molecule has 0 atom stereocenters. The Hall–Kier alpha value is -2.20. The van der Waals surface area contributed by atoms with Gasteiger partial charge < -0.3 is 10.6 Å². The maximum atomic E-state index is 11.1. The molecule has 0 radical (unpaired) electrons. The third-order valence-electron chi connectivity index (χ3n) is 3.35. The summed E-state index contributed by atoms with van der Waals surface area (Å²) in [7, 11) is 0. The van der Waals surface area contributed by atoms with E-state index in [0.29, 0.717) is 0 Å². The van der Waals surface area contributed by atoms with Crippen molar-refractivity contribution in [2.45, 2.75) is 25.3 Å². The monoisotopic (exact) mass is 261 g/mol. The van der Waals surface area contributed by atoms with Gasteiger partial charge in [-0.3, -0.25) is 10.1 Å². The molecule has 1 aromatic heterocycles. The highest BCUT2D eigenvalue weighted by Gasteiger charge is 2.31. The standard InChI is InChI=1S/C12H15N5O2/c1-12(3-6-14-7-4-12)16-11-10(17(18)19)9(8-13)2-5-15-11/h2,5,14H,3-4,6-7H2,1H3,(H,15,16). The van der Waals surface area contributed by atoms with Crippen LogP contribution in [0.5, 0.6) is 0 Å². The minimum atomic E-state index is -0.557.